The molecule has 0 aliphatic heterocycles. The third-order valence-electron chi connectivity index (χ3n) is 4.23. The van der Waals surface area contributed by atoms with E-state index in [1.54, 1.807) is 24.3 Å². The lowest BCUT2D eigenvalue weighted by Crippen LogP contribution is -2.37. The molecule has 25 heavy (non-hydrogen) atoms. The molecule has 0 spiro atoms. The normalized spacial score (nSPS) is 12.1. The Bertz CT molecular complexity index is 734. The molecule has 134 valence electrons. The van der Waals surface area contributed by atoms with E-state index >= 15 is 0 Å². The molecule has 0 aromatic heterocycles. The van der Waals surface area contributed by atoms with E-state index in [0.717, 1.165) is 16.1 Å². The van der Waals surface area contributed by atoms with Crippen LogP contribution >= 0.6 is 0 Å². The van der Waals surface area contributed by atoms with Crippen molar-refractivity contribution in [2.24, 2.45) is 5.84 Å². The van der Waals surface area contributed by atoms with Crippen LogP contribution in [0.15, 0.2) is 42.5 Å². The molecule has 0 fully saturated rings. The smallest absolute Gasteiger partial charge is 0.272 e. The van der Waals surface area contributed by atoms with Crippen LogP contribution in [0.5, 0.6) is 5.75 Å². The first kappa shape index (κ1) is 19.0. The van der Waals surface area contributed by atoms with Gasteiger partial charge in [0.1, 0.15) is 5.75 Å². The number of carbonyl (C=O) groups excluding carboxylic acids is 1. The summed E-state index contributed by atoms with van der Waals surface area (Å²) in [6, 6.07) is 12.6. The number of benzene rings is 2. The van der Waals surface area contributed by atoms with Gasteiger partial charge in [-0.15, -0.1) is 0 Å². The quantitative estimate of drug-likeness (QED) is 0.480. The number of rotatable bonds is 2. The first-order valence-corrected chi connectivity index (χ1v) is 8.45. The standard InChI is InChI=1S/C21H28N2O2/c1-20(2,3)16-12-14(13-17(18(16)24)21(4,5)6)19(25)23(22)15-10-8-7-9-11-15/h7-13,24H,22H2,1-6H3. The number of hydrogen-bond acceptors (Lipinski definition) is 3. The summed E-state index contributed by atoms with van der Waals surface area (Å²) in [6.07, 6.45) is 0. The Hall–Kier alpha value is -2.33. The van der Waals surface area contributed by atoms with E-state index in [4.69, 9.17) is 5.84 Å². The maximum Gasteiger partial charge on any atom is 0.272 e. The van der Waals surface area contributed by atoms with E-state index in [9.17, 15) is 9.90 Å². The SMILES string of the molecule is CC(C)(C)c1cc(C(=O)N(N)c2ccccc2)cc(C(C)(C)C)c1O. The van der Waals surface area contributed by atoms with Gasteiger partial charge in [-0.1, -0.05) is 59.7 Å². The highest BCUT2D eigenvalue weighted by Gasteiger charge is 2.28. The van der Waals surface area contributed by atoms with E-state index in [0.29, 0.717) is 11.3 Å². The highest BCUT2D eigenvalue weighted by Crippen LogP contribution is 2.40. The number of hydrogen-bond donors (Lipinski definition) is 2. The van der Waals surface area contributed by atoms with Crippen LogP contribution in [0.25, 0.3) is 0 Å². The molecule has 2 rings (SSSR count). The summed E-state index contributed by atoms with van der Waals surface area (Å²) in [4.78, 5) is 12.9. The van der Waals surface area contributed by atoms with E-state index in [1.165, 1.54) is 0 Å². The topological polar surface area (TPSA) is 66.6 Å². The van der Waals surface area contributed by atoms with Gasteiger partial charge in [0.05, 0.1) is 5.69 Å². The minimum atomic E-state index is -0.304. The summed E-state index contributed by atoms with van der Waals surface area (Å²) < 4.78 is 0. The number of carbonyl (C=O) groups is 1. The zero-order chi connectivity index (χ0) is 19.0. The largest absolute Gasteiger partial charge is 0.507 e. The summed E-state index contributed by atoms with van der Waals surface area (Å²) in [6.45, 7) is 12.1. The van der Waals surface area contributed by atoms with Crippen LogP contribution in [-0.4, -0.2) is 11.0 Å². The molecule has 0 aliphatic carbocycles. The van der Waals surface area contributed by atoms with Crippen molar-refractivity contribution in [2.45, 2.75) is 52.4 Å². The number of nitrogens with two attached hydrogens (primary N) is 1. The Morgan fingerprint density at radius 3 is 1.76 bits per heavy atom. The molecule has 0 aliphatic rings. The summed E-state index contributed by atoms with van der Waals surface area (Å²) in [5.74, 6) is 5.99. The Labute approximate surface area is 150 Å². The third-order valence-corrected chi connectivity index (χ3v) is 4.23. The monoisotopic (exact) mass is 340 g/mol. The van der Waals surface area contributed by atoms with E-state index < -0.39 is 0 Å². The van der Waals surface area contributed by atoms with Crippen molar-refractivity contribution in [3.63, 3.8) is 0 Å². The molecule has 0 radical (unpaired) electrons. The first-order valence-electron chi connectivity index (χ1n) is 8.45. The highest BCUT2D eigenvalue weighted by molar-refractivity contribution is 6.05. The Kier molecular flexibility index (Phi) is 4.96. The zero-order valence-corrected chi connectivity index (χ0v) is 15.9. The van der Waals surface area contributed by atoms with Crippen molar-refractivity contribution in [1.82, 2.24) is 0 Å². The average Bonchev–Trinajstić information content (AvgIpc) is 2.52. The van der Waals surface area contributed by atoms with Gasteiger partial charge < -0.3 is 5.11 Å². The fourth-order valence-electron chi connectivity index (χ4n) is 2.75. The van der Waals surface area contributed by atoms with Crippen LogP contribution in [-0.2, 0) is 10.8 Å². The second-order valence-electron chi connectivity index (χ2n) is 8.43. The predicted molar refractivity (Wildman–Crippen MR) is 103 cm³/mol. The maximum absolute atomic E-state index is 12.9. The van der Waals surface area contributed by atoms with Gasteiger partial charge in [0.25, 0.3) is 5.91 Å². The Balaban J connectivity index is 2.59. The number of anilines is 1. The van der Waals surface area contributed by atoms with Crippen LogP contribution in [0.3, 0.4) is 0 Å². The van der Waals surface area contributed by atoms with Crippen molar-refractivity contribution < 1.29 is 9.90 Å². The minimum absolute atomic E-state index is 0.250. The summed E-state index contributed by atoms with van der Waals surface area (Å²) >= 11 is 0. The number of nitrogens with zero attached hydrogens (tertiary/aromatic N) is 1. The van der Waals surface area contributed by atoms with E-state index in [1.807, 2.05) is 59.7 Å². The van der Waals surface area contributed by atoms with Crippen molar-refractivity contribution in [2.75, 3.05) is 5.01 Å². The lowest BCUT2D eigenvalue weighted by molar-refractivity contribution is 0.0986. The zero-order valence-electron chi connectivity index (χ0n) is 15.9. The van der Waals surface area contributed by atoms with Crippen molar-refractivity contribution in [3.05, 3.63) is 59.2 Å². The number of aromatic hydroxyl groups is 1. The molecule has 1 amide bonds. The van der Waals surface area contributed by atoms with Crippen LogP contribution in [0, 0.1) is 0 Å². The van der Waals surface area contributed by atoms with Gasteiger partial charge >= 0.3 is 0 Å². The van der Waals surface area contributed by atoms with Crippen LogP contribution < -0.4 is 10.9 Å². The molecule has 0 unspecified atom stereocenters. The molecule has 0 saturated heterocycles. The van der Waals surface area contributed by atoms with E-state index in [-0.39, 0.29) is 22.5 Å². The first-order chi connectivity index (χ1) is 11.4. The van der Waals surface area contributed by atoms with Gasteiger partial charge in [-0.25, -0.2) is 10.9 Å². The van der Waals surface area contributed by atoms with Crippen LogP contribution in [0.4, 0.5) is 5.69 Å². The van der Waals surface area contributed by atoms with Crippen LogP contribution in [0.1, 0.15) is 63.0 Å². The molecule has 0 atom stereocenters. The van der Waals surface area contributed by atoms with Gasteiger partial charge in [-0.2, -0.15) is 0 Å². The molecule has 0 saturated carbocycles. The molecule has 2 aromatic rings. The average molecular weight is 340 g/mol. The van der Waals surface area contributed by atoms with Crippen LogP contribution in [0.2, 0.25) is 0 Å². The Morgan fingerprint density at radius 2 is 1.36 bits per heavy atom. The molecule has 4 nitrogen and oxygen atoms in total. The lowest BCUT2D eigenvalue weighted by Gasteiger charge is -2.28. The summed E-state index contributed by atoms with van der Waals surface area (Å²) in [5.41, 5.74) is 1.97. The number of amides is 1. The summed E-state index contributed by atoms with van der Waals surface area (Å²) in [7, 11) is 0. The van der Waals surface area contributed by atoms with Crippen molar-refractivity contribution in [1.29, 1.82) is 0 Å². The lowest BCUT2D eigenvalue weighted by atomic mass is 9.78. The summed E-state index contributed by atoms with van der Waals surface area (Å²) in [5, 5.41) is 11.9. The number of para-hydroxylation sites is 1. The molecule has 0 heterocycles. The van der Waals surface area contributed by atoms with E-state index in [2.05, 4.69) is 0 Å². The van der Waals surface area contributed by atoms with Gasteiger partial charge in [0, 0.05) is 16.7 Å². The molecule has 3 N–H and O–H groups in total. The fraction of sp³-hybridized carbons (Fsp3) is 0.381. The minimum Gasteiger partial charge on any atom is -0.507 e. The van der Waals surface area contributed by atoms with Gasteiger partial charge in [-0.05, 0) is 35.1 Å². The number of phenolic OH excluding ortho intramolecular Hbond substituents is 1. The van der Waals surface area contributed by atoms with Crippen molar-refractivity contribution >= 4 is 11.6 Å². The second kappa shape index (κ2) is 6.52. The number of phenols is 1. The highest BCUT2D eigenvalue weighted by atomic mass is 16.3. The molecule has 2 aromatic carbocycles. The van der Waals surface area contributed by atoms with Gasteiger partial charge in [0.2, 0.25) is 0 Å². The maximum atomic E-state index is 12.9. The van der Waals surface area contributed by atoms with Crippen molar-refractivity contribution in [3.8, 4) is 5.75 Å². The predicted octanol–water partition coefficient (Wildman–Crippen LogP) is 4.51. The molecular formula is C21H28N2O2. The molecular weight excluding hydrogens is 312 g/mol. The third kappa shape index (κ3) is 4.02. The molecule has 4 heteroatoms. The number of hydrazine groups is 1. The Morgan fingerprint density at radius 1 is 0.920 bits per heavy atom. The fourth-order valence-corrected chi connectivity index (χ4v) is 2.75. The molecule has 0 bridgehead atoms. The van der Waals surface area contributed by atoms with Gasteiger partial charge in [-0.3, -0.25) is 4.79 Å². The van der Waals surface area contributed by atoms with Gasteiger partial charge in [0.15, 0.2) is 0 Å². The second-order valence-corrected chi connectivity index (χ2v) is 8.43.